The molecule has 0 unspecified atom stereocenters. The number of hydrogen-bond acceptors (Lipinski definition) is 5. The molecule has 1 aromatic heterocycles. The summed E-state index contributed by atoms with van der Waals surface area (Å²) >= 11 is 3.50. The first kappa shape index (κ1) is 18.1. The van der Waals surface area contributed by atoms with Crippen molar-refractivity contribution in [1.82, 2.24) is 9.55 Å². The first-order chi connectivity index (χ1) is 12.5. The molecule has 0 aliphatic carbocycles. The maximum Gasteiger partial charge on any atom is 0.141 e. The predicted octanol–water partition coefficient (Wildman–Crippen LogP) is 4.12. The standard InChI is InChI=1S/C19H20BrN3O3/c1-23-10-22-18(12-8-15(25-3)17(20)16(9-12)26-4)19(23)11-5-6-14(24-2)13(21)7-11/h5-10H,21H2,1-4H3. The Hall–Kier alpha value is -2.67. The Morgan fingerprint density at radius 1 is 0.923 bits per heavy atom. The van der Waals surface area contributed by atoms with Crippen LogP contribution in [0.25, 0.3) is 22.5 Å². The van der Waals surface area contributed by atoms with Crippen LogP contribution in [0.1, 0.15) is 0 Å². The summed E-state index contributed by atoms with van der Waals surface area (Å²) in [6, 6.07) is 9.54. The van der Waals surface area contributed by atoms with E-state index in [1.54, 1.807) is 27.7 Å². The molecule has 0 aliphatic heterocycles. The van der Waals surface area contributed by atoms with Crippen LogP contribution >= 0.6 is 15.9 Å². The Balaban J connectivity index is 2.19. The van der Waals surface area contributed by atoms with E-state index in [9.17, 15) is 0 Å². The number of nitrogens with zero attached hydrogens (tertiary/aromatic N) is 2. The van der Waals surface area contributed by atoms with Crippen molar-refractivity contribution in [1.29, 1.82) is 0 Å². The summed E-state index contributed by atoms with van der Waals surface area (Å²) in [5.74, 6) is 1.99. The summed E-state index contributed by atoms with van der Waals surface area (Å²) in [7, 11) is 6.78. The third-order valence-electron chi connectivity index (χ3n) is 4.16. The van der Waals surface area contributed by atoms with Crippen molar-refractivity contribution in [3.05, 3.63) is 41.1 Å². The molecule has 7 heteroatoms. The van der Waals surface area contributed by atoms with Crippen molar-refractivity contribution < 1.29 is 14.2 Å². The maximum absolute atomic E-state index is 6.09. The first-order valence-corrected chi connectivity index (χ1v) is 8.66. The Bertz CT molecular complexity index is 928. The second-order valence-electron chi connectivity index (χ2n) is 5.70. The molecule has 3 rings (SSSR count). The Morgan fingerprint density at radius 2 is 1.54 bits per heavy atom. The maximum atomic E-state index is 6.09. The number of anilines is 1. The minimum Gasteiger partial charge on any atom is -0.495 e. The van der Waals surface area contributed by atoms with Gasteiger partial charge in [0.2, 0.25) is 0 Å². The fraction of sp³-hybridized carbons (Fsp3) is 0.211. The zero-order chi connectivity index (χ0) is 18.8. The normalized spacial score (nSPS) is 10.7. The quantitative estimate of drug-likeness (QED) is 0.631. The van der Waals surface area contributed by atoms with Crippen LogP contribution in [0.4, 0.5) is 5.69 Å². The lowest BCUT2D eigenvalue weighted by Gasteiger charge is -2.13. The SMILES string of the molecule is COc1ccc(-c2c(-c3cc(OC)c(Br)c(OC)c3)ncn2C)cc1N. The summed E-state index contributed by atoms with van der Waals surface area (Å²) in [4.78, 5) is 4.58. The topological polar surface area (TPSA) is 71.5 Å². The number of rotatable bonds is 5. The third kappa shape index (κ3) is 3.10. The molecule has 0 bridgehead atoms. The highest BCUT2D eigenvalue weighted by atomic mass is 79.9. The van der Waals surface area contributed by atoms with Crippen molar-refractivity contribution in [2.24, 2.45) is 7.05 Å². The van der Waals surface area contributed by atoms with Crippen molar-refractivity contribution in [3.63, 3.8) is 0 Å². The average molecular weight is 418 g/mol. The van der Waals surface area contributed by atoms with E-state index in [1.807, 2.05) is 41.9 Å². The highest BCUT2D eigenvalue weighted by Gasteiger charge is 2.18. The number of ether oxygens (including phenoxy) is 3. The number of nitrogens with two attached hydrogens (primary N) is 1. The van der Waals surface area contributed by atoms with Gasteiger partial charge in [-0.05, 0) is 46.3 Å². The Labute approximate surface area is 160 Å². The second-order valence-corrected chi connectivity index (χ2v) is 6.50. The molecule has 0 spiro atoms. The molecule has 0 aliphatic rings. The molecule has 0 saturated heterocycles. The summed E-state index contributed by atoms with van der Waals surface area (Å²) < 4.78 is 18.9. The number of methoxy groups -OCH3 is 3. The number of halogens is 1. The fourth-order valence-electron chi connectivity index (χ4n) is 2.87. The van der Waals surface area contributed by atoms with Crippen LogP contribution in [0.5, 0.6) is 17.2 Å². The zero-order valence-corrected chi connectivity index (χ0v) is 16.6. The van der Waals surface area contributed by atoms with Gasteiger partial charge in [0.15, 0.2) is 0 Å². The number of nitrogen functional groups attached to an aromatic ring is 1. The van der Waals surface area contributed by atoms with Gasteiger partial charge in [0.05, 0.1) is 44.7 Å². The van der Waals surface area contributed by atoms with Crippen molar-refractivity contribution >= 4 is 21.6 Å². The third-order valence-corrected chi connectivity index (χ3v) is 4.94. The van der Waals surface area contributed by atoms with Gasteiger partial charge in [-0.1, -0.05) is 0 Å². The largest absolute Gasteiger partial charge is 0.495 e. The lowest BCUT2D eigenvalue weighted by Crippen LogP contribution is -1.97. The number of aromatic nitrogens is 2. The van der Waals surface area contributed by atoms with Crippen LogP contribution < -0.4 is 19.9 Å². The molecule has 0 fully saturated rings. The van der Waals surface area contributed by atoms with E-state index in [0.717, 1.165) is 27.0 Å². The predicted molar refractivity (Wildman–Crippen MR) is 106 cm³/mol. The molecule has 3 aromatic rings. The van der Waals surface area contributed by atoms with Gasteiger partial charge >= 0.3 is 0 Å². The number of hydrogen-bond donors (Lipinski definition) is 1. The van der Waals surface area contributed by atoms with Crippen LogP contribution in [-0.4, -0.2) is 30.9 Å². The first-order valence-electron chi connectivity index (χ1n) is 7.87. The minimum atomic E-state index is 0.572. The molecule has 0 saturated carbocycles. The number of benzene rings is 2. The summed E-state index contributed by atoms with van der Waals surface area (Å²) in [5, 5.41) is 0. The van der Waals surface area contributed by atoms with E-state index >= 15 is 0 Å². The van der Waals surface area contributed by atoms with Gasteiger partial charge < -0.3 is 24.5 Å². The zero-order valence-electron chi connectivity index (χ0n) is 15.0. The van der Waals surface area contributed by atoms with Crippen molar-refractivity contribution in [2.45, 2.75) is 0 Å². The Morgan fingerprint density at radius 3 is 2.08 bits per heavy atom. The van der Waals surface area contributed by atoms with E-state index < -0.39 is 0 Å². The van der Waals surface area contributed by atoms with Crippen molar-refractivity contribution in [3.8, 4) is 39.8 Å². The van der Waals surface area contributed by atoms with E-state index in [0.29, 0.717) is 22.9 Å². The Kier molecular flexibility index (Phi) is 5.08. The monoisotopic (exact) mass is 417 g/mol. The van der Waals surface area contributed by atoms with Crippen LogP contribution in [0.2, 0.25) is 0 Å². The number of imidazole rings is 1. The average Bonchev–Trinajstić information content (AvgIpc) is 3.03. The van der Waals surface area contributed by atoms with E-state index in [4.69, 9.17) is 19.9 Å². The minimum absolute atomic E-state index is 0.572. The highest BCUT2D eigenvalue weighted by Crippen LogP contribution is 2.41. The van der Waals surface area contributed by atoms with Crippen LogP contribution in [0.3, 0.4) is 0 Å². The van der Waals surface area contributed by atoms with Gasteiger partial charge in [-0.3, -0.25) is 0 Å². The van der Waals surface area contributed by atoms with Gasteiger partial charge in [-0.2, -0.15) is 0 Å². The smallest absolute Gasteiger partial charge is 0.141 e. The van der Waals surface area contributed by atoms with Gasteiger partial charge in [0.25, 0.3) is 0 Å². The number of aryl methyl sites for hydroxylation is 1. The molecular weight excluding hydrogens is 398 g/mol. The molecule has 0 atom stereocenters. The van der Waals surface area contributed by atoms with Crippen LogP contribution in [-0.2, 0) is 7.05 Å². The molecule has 0 amide bonds. The van der Waals surface area contributed by atoms with Crippen LogP contribution in [0.15, 0.2) is 41.1 Å². The fourth-order valence-corrected chi connectivity index (χ4v) is 3.42. The molecule has 26 heavy (non-hydrogen) atoms. The van der Waals surface area contributed by atoms with Crippen molar-refractivity contribution in [2.75, 3.05) is 27.1 Å². The van der Waals surface area contributed by atoms with Gasteiger partial charge in [0, 0.05) is 18.2 Å². The van der Waals surface area contributed by atoms with E-state index in [2.05, 4.69) is 20.9 Å². The molecule has 2 N–H and O–H groups in total. The summed E-state index contributed by atoms with van der Waals surface area (Å²) in [6.07, 6.45) is 1.77. The van der Waals surface area contributed by atoms with Gasteiger partial charge in [0.1, 0.15) is 21.7 Å². The van der Waals surface area contributed by atoms with Crippen LogP contribution in [0, 0.1) is 0 Å². The van der Waals surface area contributed by atoms with Gasteiger partial charge in [-0.25, -0.2) is 4.98 Å². The molecular formula is C19H20BrN3O3. The molecule has 2 aromatic carbocycles. The van der Waals surface area contributed by atoms with Gasteiger partial charge in [-0.15, -0.1) is 0 Å². The lowest BCUT2D eigenvalue weighted by atomic mass is 10.0. The second kappa shape index (κ2) is 7.29. The highest BCUT2D eigenvalue weighted by molar-refractivity contribution is 9.10. The van der Waals surface area contributed by atoms with E-state index in [-0.39, 0.29) is 0 Å². The summed E-state index contributed by atoms with van der Waals surface area (Å²) in [6.45, 7) is 0. The molecule has 6 nitrogen and oxygen atoms in total. The summed E-state index contributed by atoms with van der Waals surface area (Å²) in [5.41, 5.74) is 10.2. The lowest BCUT2D eigenvalue weighted by molar-refractivity contribution is 0.390. The molecule has 1 heterocycles. The molecule has 0 radical (unpaired) electrons. The molecule has 136 valence electrons. The van der Waals surface area contributed by atoms with E-state index in [1.165, 1.54) is 0 Å².